The quantitative estimate of drug-likeness (QED) is 0.476. The van der Waals surface area contributed by atoms with Crippen LogP contribution in [0.3, 0.4) is 0 Å². The smallest absolute Gasteiger partial charge is 0.313 e. The van der Waals surface area contributed by atoms with Crippen LogP contribution in [0, 0.1) is 10.1 Å². The second-order valence-corrected chi connectivity index (χ2v) is 7.48. The highest BCUT2D eigenvalue weighted by atomic mass is 16.6. The van der Waals surface area contributed by atoms with Gasteiger partial charge in [-0.25, -0.2) is 4.98 Å². The van der Waals surface area contributed by atoms with Gasteiger partial charge in [-0.05, 0) is 62.4 Å². The van der Waals surface area contributed by atoms with E-state index >= 15 is 0 Å². The molecule has 0 saturated heterocycles. The van der Waals surface area contributed by atoms with E-state index in [-0.39, 0.29) is 17.0 Å². The molecule has 1 aromatic carbocycles. The SMILES string of the molecule is CCN1c2ccc(/C=N\Nc3ncccc3[N+](=O)[O-])cc2C(C)CC1(C)C. The molecule has 0 radical (unpaired) electrons. The van der Waals surface area contributed by atoms with E-state index in [1.54, 1.807) is 6.21 Å². The van der Waals surface area contributed by atoms with E-state index < -0.39 is 4.92 Å². The van der Waals surface area contributed by atoms with Gasteiger partial charge in [-0.1, -0.05) is 13.0 Å². The van der Waals surface area contributed by atoms with Gasteiger partial charge in [0.15, 0.2) is 0 Å². The molecule has 1 aliphatic heterocycles. The maximum atomic E-state index is 11.0. The van der Waals surface area contributed by atoms with Crippen LogP contribution >= 0.6 is 0 Å². The summed E-state index contributed by atoms with van der Waals surface area (Å²) in [5.74, 6) is 0.583. The van der Waals surface area contributed by atoms with Crippen LogP contribution < -0.4 is 10.3 Å². The number of fused-ring (bicyclic) bond motifs is 1. The molecule has 2 aromatic rings. The highest BCUT2D eigenvalue weighted by Crippen LogP contribution is 2.43. The average Bonchev–Trinajstić information content (AvgIpc) is 2.62. The Morgan fingerprint density at radius 3 is 2.93 bits per heavy atom. The molecule has 2 heterocycles. The Morgan fingerprint density at radius 1 is 1.44 bits per heavy atom. The number of pyridine rings is 1. The molecule has 0 bridgehead atoms. The van der Waals surface area contributed by atoms with Crippen LogP contribution in [0.4, 0.5) is 17.2 Å². The number of nitrogens with zero attached hydrogens (tertiary/aromatic N) is 4. The summed E-state index contributed by atoms with van der Waals surface area (Å²) in [6.07, 6.45) is 4.25. The minimum Gasteiger partial charge on any atom is -0.366 e. The van der Waals surface area contributed by atoms with Crippen molar-refractivity contribution in [3.05, 3.63) is 57.8 Å². The van der Waals surface area contributed by atoms with Crippen LogP contribution in [0.15, 0.2) is 41.6 Å². The minimum absolute atomic E-state index is 0.102. The summed E-state index contributed by atoms with van der Waals surface area (Å²) in [6, 6.07) is 9.23. The van der Waals surface area contributed by atoms with Crippen molar-refractivity contribution in [3.63, 3.8) is 0 Å². The molecule has 1 aliphatic rings. The third kappa shape index (κ3) is 3.77. The van der Waals surface area contributed by atoms with Crippen LogP contribution in [-0.4, -0.2) is 28.2 Å². The van der Waals surface area contributed by atoms with Gasteiger partial charge in [0.2, 0.25) is 5.82 Å². The first-order chi connectivity index (χ1) is 12.8. The van der Waals surface area contributed by atoms with Gasteiger partial charge in [0, 0.05) is 30.0 Å². The molecule has 0 saturated carbocycles. The molecule has 0 amide bonds. The molecule has 142 valence electrons. The monoisotopic (exact) mass is 367 g/mol. The van der Waals surface area contributed by atoms with Crippen LogP contribution in [-0.2, 0) is 0 Å². The third-order valence-electron chi connectivity index (χ3n) is 5.09. The summed E-state index contributed by atoms with van der Waals surface area (Å²) in [4.78, 5) is 17.0. The van der Waals surface area contributed by atoms with Crippen LogP contribution in [0.2, 0.25) is 0 Å². The Hall–Kier alpha value is -2.96. The summed E-state index contributed by atoms with van der Waals surface area (Å²) in [5, 5.41) is 15.2. The fourth-order valence-electron chi connectivity index (χ4n) is 3.99. The van der Waals surface area contributed by atoms with E-state index in [2.05, 4.69) is 60.2 Å². The van der Waals surface area contributed by atoms with Crippen molar-refractivity contribution in [2.24, 2.45) is 5.10 Å². The van der Waals surface area contributed by atoms with Gasteiger partial charge in [0.1, 0.15) is 0 Å². The van der Waals surface area contributed by atoms with Crippen molar-refractivity contribution in [1.82, 2.24) is 4.98 Å². The Labute approximate surface area is 159 Å². The Balaban J connectivity index is 1.83. The number of nitro groups is 1. The Kier molecular flexibility index (Phi) is 5.12. The highest BCUT2D eigenvalue weighted by molar-refractivity contribution is 5.82. The van der Waals surface area contributed by atoms with Gasteiger partial charge in [-0.2, -0.15) is 5.10 Å². The number of anilines is 2. The van der Waals surface area contributed by atoms with Gasteiger partial charge in [-0.3, -0.25) is 15.5 Å². The zero-order chi connectivity index (χ0) is 19.6. The first-order valence-corrected chi connectivity index (χ1v) is 9.13. The third-order valence-corrected chi connectivity index (χ3v) is 5.09. The van der Waals surface area contributed by atoms with E-state index in [1.165, 1.54) is 29.6 Å². The predicted octanol–water partition coefficient (Wildman–Crippen LogP) is 4.55. The van der Waals surface area contributed by atoms with Crippen molar-refractivity contribution in [2.45, 2.75) is 45.6 Å². The lowest BCUT2D eigenvalue weighted by Gasteiger charge is -2.47. The Morgan fingerprint density at radius 2 is 2.22 bits per heavy atom. The van der Waals surface area contributed by atoms with E-state index in [0.29, 0.717) is 5.92 Å². The first-order valence-electron chi connectivity index (χ1n) is 9.13. The number of rotatable bonds is 5. The highest BCUT2D eigenvalue weighted by Gasteiger charge is 2.35. The van der Waals surface area contributed by atoms with Gasteiger partial charge < -0.3 is 4.90 Å². The number of hydrogen-bond acceptors (Lipinski definition) is 6. The second-order valence-electron chi connectivity index (χ2n) is 7.48. The number of benzene rings is 1. The molecule has 1 aromatic heterocycles. The summed E-state index contributed by atoms with van der Waals surface area (Å²) in [7, 11) is 0. The maximum absolute atomic E-state index is 11.0. The van der Waals surface area contributed by atoms with E-state index in [9.17, 15) is 10.1 Å². The summed E-state index contributed by atoms with van der Waals surface area (Å²) < 4.78 is 0. The molecule has 27 heavy (non-hydrogen) atoms. The number of hydrazone groups is 1. The normalized spacial score (nSPS) is 18.4. The molecule has 0 fully saturated rings. The first kappa shape index (κ1) is 18.8. The lowest BCUT2D eigenvalue weighted by Crippen LogP contribution is -2.48. The number of nitrogens with one attached hydrogen (secondary N) is 1. The molecule has 7 nitrogen and oxygen atoms in total. The van der Waals surface area contributed by atoms with Gasteiger partial charge in [0.25, 0.3) is 0 Å². The van der Waals surface area contributed by atoms with E-state index in [1.807, 2.05) is 6.07 Å². The van der Waals surface area contributed by atoms with Gasteiger partial charge in [0.05, 0.1) is 11.1 Å². The van der Waals surface area contributed by atoms with E-state index in [0.717, 1.165) is 18.5 Å². The lowest BCUT2D eigenvalue weighted by atomic mass is 9.79. The Bertz CT molecular complexity index is 878. The topological polar surface area (TPSA) is 83.7 Å². The van der Waals surface area contributed by atoms with Crippen molar-refractivity contribution in [3.8, 4) is 0 Å². The van der Waals surface area contributed by atoms with Crippen molar-refractivity contribution >= 4 is 23.4 Å². The maximum Gasteiger partial charge on any atom is 0.313 e. The van der Waals surface area contributed by atoms with Gasteiger partial charge >= 0.3 is 5.69 Å². The molecule has 1 unspecified atom stereocenters. The zero-order valence-corrected chi connectivity index (χ0v) is 16.1. The minimum atomic E-state index is -0.480. The molecular formula is C20H25N5O2. The fraction of sp³-hybridized carbons (Fsp3) is 0.400. The summed E-state index contributed by atoms with van der Waals surface area (Å²) >= 11 is 0. The molecule has 7 heteroatoms. The predicted molar refractivity (Wildman–Crippen MR) is 109 cm³/mol. The molecule has 1 atom stereocenters. The molecular weight excluding hydrogens is 342 g/mol. The molecule has 1 N–H and O–H groups in total. The second kappa shape index (κ2) is 7.34. The molecule has 0 spiro atoms. The largest absolute Gasteiger partial charge is 0.366 e. The van der Waals surface area contributed by atoms with Crippen molar-refractivity contribution in [1.29, 1.82) is 0 Å². The fourth-order valence-corrected chi connectivity index (χ4v) is 3.99. The summed E-state index contributed by atoms with van der Waals surface area (Å²) in [5.41, 5.74) is 6.23. The van der Waals surface area contributed by atoms with Crippen molar-refractivity contribution in [2.75, 3.05) is 16.9 Å². The van der Waals surface area contributed by atoms with Crippen LogP contribution in [0.25, 0.3) is 0 Å². The number of aromatic nitrogens is 1. The lowest BCUT2D eigenvalue weighted by molar-refractivity contribution is -0.384. The van der Waals surface area contributed by atoms with Crippen LogP contribution in [0.5, 0.6) is 0 Å². The van der Waals surface area contributed by atoms with Crippen molar-refractivity contribution < 1.29 is 4.92 Å². The molecule has 0 aliphatic carbocycles. The summed E-state index contributed by atoms with van der Waals surface area (Å²) in [6.45, 7) is 9.97. The van der Waals surface area contributed by atoms with Gasteiger partial charge in [-0.15, -0.1) is 0 Å². The van der Waals surface area contributed by atoms with E-state index in [4.69, 9.17) is 0 Å². The average molecular weight is 367 g/mol. The standard InChI is InChI=1S/C20H25N5O2/c1-5-24-17-9-8-15(11-16(17)14(2)12-20(24,3)4)13-22-23-19-18(25(26)27)7-6-10-21-19/h6-11,13-14H,5,12H2,1-4H3,(H,21,23)/b22-13-. The van der Waals surface area contributed by atoms with Crippen LogP contribution in [0.1, 0.15) is 51.2 Å². The molecule has 3 rings (SSSR count). The number of hydrogen-bond donors (Lipinski definition) is 1. The zero-order valence-electron chi connectivity index (χ0n) is 16.1.